The minimum atomic E-state index is 0.473. The molecular formula is C24H24Cl2N2O2. The Morgan fingerprint density at radius 2 is 1.73 bits per heavy atom. The van der Waals surface area contributed by atoms with Gasteiger partial charge in [-0.05, 0) is 73.9 Å². The molecule has 0 saturated heterocycles. The summed E-state index contributed by atoms with van der Waals surface area (Å²) in [7, 11) is 0. The van der Waals surface area contributed by atoms with Crippen LogP contribution in [-0.2, 0) is 6.61 Å². The van der Waals surface area contributed by atoms with Crippen molar-refractivity contribution in [1.29, 1.82) is 0 Å². The Bertz CT molecular complexity index is 1050. The highest BCUT2D eigenvalue weighted by Gasteiger charge is 2.08. The van der Waals surface area contributed by atoms with Crippen LogP contribution in [0.25, 0.3) is 0 Å². The normalized spacial score (nSPS) is 11.0. The van der Waals surface area contributed by atoms with Crippen molar-refractivity contribution in [2.24, 2.45) is 5.10 Å². The second-order valence-corrected chi connectivity index (χ2v) is 7.67. The van der Waals surface area contributed by atoms with Crippen LogP contribution in [-0.4, -0.2) is 12.8 Å². The van der Waals surface area contributed by atoms with Crippen LogP contribution in [0, 0.1) is 13.8 Å². The zero-order chi connectivity index (χ0) is 21.5. The molecule has 30 heavy (non-hydrogen) atoms. The molecule has 0 spiro atoms. The molecule has 3 aromatic rings. The lowest BCUT2D eigenvalue weighted by atomic mass is 10.1. The van der Waals surface area contributed by atoms with Crippen LogP contribution >= 0.6 is 23.2 Å². The highest BCUT2D eigenvalue weighted by molar-refractivity contribution is 6.42. The van der Waals surface area contributed by atoms with Crippen LogP contribution in [0.15, 0.2) is 59.7 Å². The van der Waals surface area contributed by atoms with Crippen molar-refractivity contribution in [3.05, 3.63) is 86.9 Å². The van der Waals surface area contributed by atoms with E-state index in [0.717, 1.165) is 16.8 Å². The van der Waals surface area contributed by atoms with Crippen molar-refractivity contribution >= 4 is 35.1 Å². The number of anilines is 1. The summed E-state index contributed by atoms with van der Waals surface area (Å²) < 4.78 is 11.8. The second kappa shape index (κ2) is 10.4. The molecule has 6 heteroatoms. The van der Waals surface area contributed by atoms with Crippen molar-refractivity contribution in [2.75, 3.05) is 12.0 Å². The third-order valence-corrected chi connectivity index (χ3v) is 5.22. The van der Waals surface area contributed by atoms with Crippen molar-refractivity contribution in [2.45, 2.75) is 27.4 Å². The standard InChI is InChI=1S/C24H24Cl2N2O2/c1-4-29-24-12-18(14-27-28-20-8-9-21(25)22(26)13-20)7-10-23(24)30-15-19-11-16(2)5-6-17(19)3/h5-14,28H,4,15H2,1-3H3. The van der Waals surface area contributed by atoms with Crippen molar-refractivity contribution in [3.8, 4) is 11.5 Å². The first-order valence-electron chi connectivity index (χ1n) is 9.66. The van der Waals surface area contributed by atoms with Crippen LogP contribution in [0.5, 0.6) is 11.5 Å². The maximum atomic E-state index is 6.05. The predicted molar refractivity (Wildman–Crippen MR) is 126 cm³/mol. The fourth-order valence-electron chi connectivity index (χ4n) is 2.85. The van der Waals surface area contributed by atoms with Gasteiger partial charge in [0.1, 0.15) is 6.61 Å². The summed E-state index contributed by atoms with van der Waals surface area (Å²) in [6, 6.07) is 17.3. The molecule has 0 heterocycles. The molecule has 0 radical (unpaired) electrons. The third-order valence-electron chi connectivity index (χ3n) is 4.48. The van der Waals surface area contributed by atoms with Gasteiger partial charge >= 0.3 is 0 Å². The van der Waals surface area contributed by atoms with Crippen LogP contribution in [0.3, 0.4) is 0 Å². The highest BCUT2D eigenvalue weighted by atomic mass is 35.5. The van der Waals surface area contributed by atoms with Gasteiger partial charge in [0.05, 0.1) is 28.6 Å². The highest BCUT2D eigenvalue weighted by Crippen LogP contribution is 2.29. The smallest absolute Gasteiger partial charge is 0.161 e. The molecule has 1 N–H and O–H groups in total. The number of benzene rings is 3. The van der Waals surface area contributed by atoms with Crippen LogP contribution in [0.4, 0.5) is 5.69 Å². The minimum Gasteiger partial charge on any atom is -0.490 e. The van der Waals surface area contributed by atoms with Crippen molar-refractivity contribution in [3.63, 3.8) is 0 Å². The SMILES string of the molecule is CCOc1cc(C=NNc2ccc(Cl)c(Cl)c2)ccc1OCc1cc(C)ccc1C. The second-order valence-electron chi connectivity index (χ2n) is 6.86. The lowest BCUT2D eigenvalue weighted by molar-refractivity contribution is 0.269. The molecule has 0 bridgehead atoms. The molecule has 0 aliphatic rings. The third kappa shape index (κ3) is 5.91. The number of halogens is 2. The number of hydrogen-bond acceptors (Lipinski definition) is 4. The Hall–Kier alpha value is -2.69. The van der Waals surface area contributed by atoms with Gasteiger partial charge in [-0.3, -0.25) is 5.43 Å². The molecule has 3 rings (SSSR count). The molecule has 0 aliphatic carbocycles. The number of nitrogens with zero attached hydrogens (tertiary/aromatic N) is 1. The molecule has 0 amide bonds. The number of aryl methyl sites for hydroxylation is 2. The molecule has 0 fully saturated rings. The Labute approximate surface area is 187 Å². The van der Waals surface area contributed by atoms with Gasteiger partial charge in [0.25, 0.3) is 0 Å². The monoisotopic (exact) mass is 442 g/mol. The zero-order valence-electron chi connectivity index (χ0n) is 17.2. The summed E-state index contributed by atoms with van der Waals surface area (Å²) in [5, 5.41) is 5.23. The molecule has 0 aromatic heterocycles. The average Bonchev–Trinajstić information content (AvgIpc) is 2.72. The molecule has 4 nitrogen and oxygen atoms in total. The first kappa shape index (κ1) is 22.0. The van der Waals surface area contributed by atoms with Gasteiger partial charge in [-0.2, -0.15) is 5.10 Å². The van der Waals surface area contributed by atoms with Gasteiger partial charge in [0, 0.05) is 0 Å². The van der Waals surface area contributed by atoms with Gasteiger partial charge in [0.2, 0.25) is 0 Å². The molecule has 0 atom stereocenters. The summed E-state index contributed by atoms with van der Waals surface area (Å²) in [6.07, 6.45) is 1.71. The first-order chi connectivity index (χ1) is 14.5. The van der Waals surface area contributed by atoms with E-state index in [1.54, 1.807) is 24.4 Å². The summed E-state index contributed by atoms with van der Waals surface area (Å²) in [6.45, 7) is 7.14. The summed E-state index contributed by atoms with van der Waals surface area (Å²) in [5.74, 6) is 1.38. The van der Waals surface area contributed by atoms with Crippen LogP contribution in [0.1, 0.15) is 29.2 Å². The number of ether oxygens (including phenoxy) is 2. The molecule has 156 valence electrons. The lowest BCUT2D eigenvalue weighted by Gasteiger charge is -2.14. The Balaban J connectivity index is 1.70. The predicted octanol–water partition coefficient (Wildman–Crippen LogP) is 7.03. The van der Waals surface area contributed by atoms with Gasteiger partial charge in [0.15, 0.2) is 11.5 Å². The lowest BCUT2D eigenvalue weighted by Crippen LogP contribution is -2.02. The first-order valence-corrected chi connectivity index (χ1v) is 10.4. The molecular weight excluding hydrogens is 419 g/mol. The number of rotatable bonds is 8. The van der Waals surface area contributed by atoms with Crippen molar-refractivity contribution < 1.29 is 9.47 Å². The fraction of sp³-hybridized carbons (Fsp3) is 0.208. The van der Waals surface area contributed by atoms with E-state index in [1.165, 1.54) is 11.1 Å². The number of hydrogen-bond donors (Lipinski definition) is 1. The number of hydrazone groups is 1. The summed E-state index contributed by atoms with van der Waals surface area (Å²) in [5.41, 5.74) is 8.15. The summed E-state index contributed by atoms with van der Waals surface area (Å²) in [4.78, 5) is 0. The topological polar surface area (TPSA) is 42.8 Å². The molecule has 0 aliphatic heterocycles. The largest absolute Gasteiger partial charge is 0.490 e. The van der Waals surface area contributed by atoms with E-state index in [9.17, 15) is 0 Å². The fourth-order valence-corrected chi connectivity index (χ4v) is 3.15. The van der Waals surface area contributed by atoms with E-state index in [1.807, 2.05) is 25.1 Å². The Morgan fingerprint density at radius 3 is 2.50 bits per heavy atom. The zero-order valence-corrected chi connectivity index (χ0v) is 18.7. The van der Waals surface area contributed by atoms with Gasteiger partial charge < -0.3 is 9.47 Å². The minimum absolute atomic E-state index is 0.473. The van der Waals surface area contributed by atoms with Crippen LogP contribution in [0.2, 0.25) is 10.0 Å². The molecule has 0 saturated carbocycles. The molecule has 3 aromatic carbocycles. The van der Waals surface area contributed by atoms with Gasteiger partial charge in [-0.25, -0.2) is 0 Å². The number of nitrogens with one attached hydrogen (secondary N) is 1. The van der Waals surface area contributed by atoms with E-state index in [4.69, 9.17) is 32.7 Å². The van der Waals surface area contributed by atoms with Crippen LogP contribution < -0.4 is 14.9 Å². The maximum Gasteiger partial charge on any atom is 0.161 e. The van der Waals surface area contributed by atoms with E-state index in [2.05, 4.69) is 42.6 Å². The average molecular weight is 443 g/mol. The van der Waals surface area contributed by atoms with E-state index in [0.29, 0.717) is 34.8 Å². The molecule has 0 unspecified atom stereocenters. The quantitative estimate of drug-likeness (QED) is 0.300. The Kier molecular flexibility index (Phi) is 7.61. The van der Waals surface area contributed by atoms with E-state index in [-0.39, 0.29) is 0 Å². The summed E-state index contributed by atoms with van der Waals surface area (Å²) >= 11 is 12.0. The maximum absolute atomic E-state index is 6.05. The Morgan fingerprint density at radius 1 is 0.900 bits per heavy atom. The van der Waals surface area contributed by atoms with Gasteiger partial charge in [-0.1, -0.05) is 47.0 Å². The van der Waals surface area contributed by atoms with E-state index >= 15 is 0 Å². The van der Waals surface area contributed by atoms with Crippen molar-refractivity contribution in [1.82, 2.24) is 0 Å². The van der Waals surface area contributed by atoms with E-state index < -0.39 is 0 Å². The van der Waals surface area contributed by atoms with Gasteiger partial charge in [-0.15, -0.1) is 0 Å².